The molecule has 0 aliphatic heterocycles. The molecule has 3 nitrogen and oxygen atoms in total. The SMILES string of the molecule is CCCCCn1cc(-c2nc(CN(CC)CC)cs2)c2ccccc21. The molecule has 0 radical (unpaired) electrons. The first-order valence-electron chi connectivity index (χ1n) is 9.51. The number of fused-ring (bicyclic) bond motifs is 1. The fourth-order valence-corrected chi connectivity index (χ4v) is 4.15. The molecule has 3 rings (SSSR count). The zero-order chi connectivity index (χ0) is 17.6. The van der Waals surface area contributed by atoms with Crippen LogP contribution in [0.5, 0.6) is 0 Å². The molecule has 0 bridgehead atoms. The predicted molar refractivity (Wildman–Crippen MR) is 109 cm³/mol. The highest BCUT2D eigenvalue weighted by atomic mass is 32.1. The van der Waals surface area contributed by atoms with Gasteiger partial charge in [0, 0.05) is 41.1 Å². The molecule has 0 aliphatic rings. The van der Waals surface area contributed by atoms with E-state index in [4.69, 9.17) is 4.98 Å². The van der Waals surface area contributed by atoms with Crippen LogP contribution in [0.3, 0.4) is 0 Å². The molecular formula is C21H29N3S. The van der Waals surface area contributed by atoms with Crippen LogP contribution in [0.2, 0.25) is 0 Å². The maximum atomic E-state index is 4.94. The summed E-state index contributed by atoms with van der Waals surface area (Å²) in [5, 5.41) is 4.69. The Morgan fingerprint density at radius 2 is 1.88 bits per heavy atom. The standard InChI is InChI=1S/C21H29N3S/c1-4-7-10-13-24-15-19(18-11-8-9-12-20(18)24)21-22-17(16-25-21)14-23(5-2)6-3/h8-9,11-12,15-16H,4-7,10,13-14H2,1-3H3. The molecule has 4 heteroatoms. The maximum absolute atomic E-state index is 4.94. The lowest BCUT2D eigenvalue weighted by molar-refractivity contribution is 0.293. The number of thiazole rings is 1. The van der Waals surface area contributed by atoms with E-state index < -0.39 is 0 Å². The lowest BCUT2D eigenvalue weighted by atomic mass is 10.2. The van der Waals surface area contributed by atoms with Gasteiger partial charge < -0.3 is 4.57 Å². The summed E-state index contributed by atoms with van der Waals surface area (Å²) in [5.41, 5.74) is 3.79. The van der Waals surface area contributed by atoms with E-state index in [0.29, 0.717) is 0 Å². The van der Waals surface area contributed by atoms with Crippen molar-refractivity contribution in [3.8, 4) is 10.6 Å². The van der Waals surface area contributed by atoms with Gasteiger partial charge >= 0.3 is 0 Å². The molecule has 0 saturated heterocycles. The Labute approximate surface area is 155 Å². The summed E-state index contributed by atoms with van der Waals surface area (Å²) >= 11 is 1.77. The van der Waals surface area contributed by atoms with E-state index in [2.05, 4.69) is 66.1 Å². The molecule has 25 heavy (non-hydrogen) atoms. The number of benzene rings is 1. The Bertz CT molecular complexity index is 798. The van der Waals surface area contributed by atoms with Crippen molar-refractivity contribution in [3.05, 3.63) is 41.5 Å². The van der Waals surface area contributed by atoms with Gasteiger partial charge in [0.15, 0.2) is 0 Å². The minimum Gasteiger partial charge on any atom is -0.347 e. The highest BCUT2D eigenvalue weighted by Crippen LogP contribution is 2.33. The quantitative estimate of drug-likeness (QED) is 0.453. The van der Waals surface area contributed by atoms with Crippen molar-refractivity contribution in [2.24, 2.45) is 0 Å². The van der Waals surface area contributed by atoms with Gasteiger partial charge in [-0.15, -0.1) is 11.3 Å². The van der Waals surface area contributed by atoms with Gasteiger partial charge in [-0.2, -0.15) is 0 Å². The van der Waals surface area contributed by atoms with Gasteiger partial charge in [0.1, 0.15) is 5.01 Å². The van der Waals surface area contributed by atoms with Gasteiger partial charge in [0.25, 0.3) is 0 Å². The number of unbranched alkanes of at least 4 members (excludes halogenated alkanes) is 2. The molecule has 2 aromatic heterocycles. The van der Waals surface area contributed by atoms with Crippen LogP contribution in [0.1, 0.15) is 45.7 Å². The van der Waals surface area contributed by atoms with Gasteiger partial charge in [-0.3, -0.25) is 4.90 Å². The van der Waals surface area contributed by atoms with Gasteiger partial charge in [-0.25, -0.2) is 4.98 Å². The van der Waals surface area contributed by atoms with Gasteiger partial charge in [-0.1, -0.05) is 51.8 Å². The first-order chi connectivity index (χ1) is 12.3. The number of rotatable bonds is 9. The normalized spacial score (nSPS) is 11.7. The van der Waals surface area contributed by atoms with Gasteiger partial charge in [-0.05, 0) is 25.6 Å². The third-order valence-electron chi connectivity index (χ3n) is 4.85. The number of hydrogen-bond acceptors (Lipinski definition) is 3. The first kappa shape index (κ1) is 18.2. The second kappa shape index (κ2) is 8.63. The molecule has 0 spiro atoms. The van der Waals surface area contributed by atoms with Crippen molar-refractivity contribution >= 4 is 22.2 Å². The molecule has 0 atom stereocenters. The second-order valence-electron chi connectivity index (χ2n) is 6.57. The third kappa shape index (κ3) is 4.13. The van der Waals surface area contributed by atoms with Crippen LogP contribution >= 0.6 is 11.3 Å². The van der Waals surface area contributed by atoms with E-state index in [9.17, 15) is 0 Å². The molecule has 0 N–H and O–H groups in total. The molecule has 0 saturated carbocycles. The summed E-state index contributed by atoms with van der Waals surface area (Å²) in [4.78, 5) is 7.35. The summed E-state index contributed by atoms with van der Waals surface area (Å²) in [6.07, 6.45) is 6.08. The Kier molecular flexibility index (Phi) is 6.27. The van der Waals surface area contributed by atoms with E-state index in [1.807, 2.05) is 0 Å². The summed E-state index contributed by atoms with van der Waals surface area (Å²) in [6.45, 7) is 10.8. The van der Waals surface area contributed by atoms with Crippen molar-refractivity contribution in [2.75, 3.05) is 13.1 Å². The number of hydrogen-bond donors (Lipinski definition) is 0. The predicted octanol–water partition coefficient (Wildman–Crippen LogP) is 5.80. The largest absolute Gasteiger partial charge is 0.347 e. The summed E-state index contributed by atoms with van der Waals surface area (Å²) in [5.74, 6) is 0. The minimum atomic E-state index is 0.943. The van der Waals surface area contributed by atoms with E-state index >= 15 is 0 Å². The zero-order valence-corrected chi connectivity index (χ0v) is 16.5. The molecule has 3 aromatic rings. The Morgan fingerprint density at radius 3 is 2.64 bits per heavy atom. The zero-order valence-electron chi connectivity index (χ0n) is 15.7. The molecule has 0 unspecified atom stereocenters. The Hall–Kier alpha value is -1.65. The Morgan fingerprint density at radius 1 is 1.08 bits per heavy atom. The van der Waals surface area contributed by atoms with Crippen LogP contribution < -0.4 is 0 Å². The van der Waals surface area contributed by atoms with Crippen LogP contribution in [0.15, 0.2) is 35.8 Å². The van der Waals surface area contributed by atoms with Gasteiger partial charge in [0.2, 0.25) is 0 Å². The number of para-hydroxylation sites is 1. The molecule has 0 aliphatic carbocycles. The molecule has 0 amide bonds. The summed E-state index contributed by atoms with van der Waals surface area (Å²) in [6, 6.07) is 8.73. The van der Waals surface area contributed by atoms with E-state index in [-0.39, 0.29) is 0 Å². The lowest BCUT2D eigenvalue weighted by Gasteiger charge is -2.15. The highest BCUT2D eigenvalue weighted by Gasteiger charge is 2.14. The topological polar surface area (TPSA) is 21.1 Å². The molecule has 2 heterocycles. The van der Waals surface area contributed by atoms with Crippen molar-refractivity contribution in [1.29, 1.82) is 0 Å². The van der Waals surface area contributed by atoms with Crippen molar-refractivity contribution in [2.45, 2.75) is 53.1 Å². The fraction of sp³-hybridized carbons (Fsp3) is 0.476. The van der Waals surface area contributed by atoms with Crippen LogP contribution in [-0.4, -0.2) is 27.5 Å². The van der Waals surface area contributed by atoms with Crippen molar-refractivity contribution in [3.63, 3.8) is 0 Å². The monoisotopic (exact) mass is 355 g/mol. The van der Waals surface area contributed by atoms with Crippen LogP contribution in [0.25, 0.3) is 21.5 Å². The van der Waals surface area contributed by atoms with Gasteiger partial charge in [0.05, 0.1) is 5.69 Å². The summed E-state index contributed by atoms with van der Waals surface area (Å²) in [7, 11) is 0. The highest BCUT2D eigenvalue weighted by molar-refractivity contribution is 7.13. The third-order valence-corrected chi connectivity index (χ3v) is 5.78. The molecule has 1 aromatic carbocycles. The second-order valence-corrected chi connectivity index (χ2v) is 7.42. The Balaban J connectivity index is 1.89. The van der Waals surface area contributed by atoms with E-state index in [0.717, 1.165) is 31.2 Å². The van der Waals surface area contributed by atoms with Crippen LogP contribution in [0, 0.1) is 0 Å². The number of nitrogens with zero attached hydrogens (tertiary/aromatic N) is 3. The minimum absolute atomic E-state index is 0.943. The van der Waals surface area contributed by atoms with Crippen molar-refractivity contribution < 1.29 is 0 Å². The van der Waals surface area contributed by atoms with Crippen LogP contribution in [-0.2, 0) is 13.1 Å². The lowest BCUT2D eigenvalue weighted by Crippen LogP contribution is -2.22. The first-order valence-corrected chi connectivity index (χ1v) is 10.4. The van der Waals surface area contributed by atoms with E-state index in [1.165, 1.54) is 41.4 Å². The number of aryl methyl sites for hydroxylation is 1. The van der Waals surface area contributed by atoms with Crippen molar-refractivity contribution in [1.82, 2.24) is 14.5 Å². The maximum Gasteiger partial charge on any atom is 0.125 e. The smallest absolute Gasteiger partial charge is 0.125 e. The fourth-order valence-electron chi connectivity index (χ4n) is 3.31. The average molecular weight is 356 g/mol. The molecule has 0 fully saturated rings. The van der Waals surface area contributed by atoms with Crippen LogP contribution in [0.4, 0.5) is 0 Å². The van der Waals surface area contributed by atoms with E-state index in [1.54, 1.807) is 11.3 Å². The number of aromatic nitrogens is 2. The average Bonchev–Trinajstić information content (AvgIpc) is 3.25. The molecule has 134 valence electrons. The summed E-state index contributed by atoms with van der Waals surface area (Å²) < 4.78 is 2.41. The molecular weight excluding hydrogens is 326 g/mol.